The highest BCUT2D eigenvalue weighted by molar-refractivity contribution is 6.25. The molecule has 0 atom stereocenters. The van der Waals surface area contributed by atoms with Crippen LogP contribution in [0.15, 0.2) is 49.6 Å². The summed E-state index contributed by atoms with van der Waals surface area (Å²) in [6.07, 6.45) is 4.85. The summed E-state index contributed by atoms with van der Waals surface area (Å²) in [6, 6.07) is 0. The number of esters is 2. The lowest BCUT2D eigenvalue weighted by molar-refractivity contribution is -0.139. The molecule has 0 amide bonds. The first-order valence-electron chi connectivity index (χ1n) is 4.56. The molecule has 0 radical (unpaired) electrons. The normalized spacial score (nSPS) is 8.53. The van der Waals surface area contributed by atoms with Gasteiger partial charge in [0.1, 0.15) is 13.2 Å². The molecule has 0 heterocycles. The molecule has 0 aliphatic carbocycles. The number of carbonyl (C=O) groups excluding carboxylic acids is 2. The number of hydrogen-bond donors (Lipinski definition) is 0. The molecular weight excluding hydrogens is 244 g/mol. The van der Waals surface area contributed by atoms with Gasteiger partial charge in [-0.25, -0.2) is 9.59 Å². The van der Waals surface area contributed by atoms with Crippen molar-refractivity contribution >= 4 is 23.5 Å². The number of rotatable bonds is 6. The summed E-state index contributed by atoms with van der Waals surface area (Å²) < 4.78 is 9.15. The Morgan fingerprint density at radius 2 is 1.24 bits per heavy atom. The lowest BCUT2D eigenvalue weighted by Crippen LogP contribution is -2.04. The van der Waals surface area contributed by atoms with Gasteiger partial charge in [0, 0.05) is 12.2 Å². The van der Waals surface area contributed by atoms with Crippen LogP contribution in [-0.4, -0.2) is 25.2 Å². The molecule has 4 nitrogen and oxygen atoms in total. The smallest absolute Gasteiger partial charge is 0.331 e. The molecule has 0 aliphatic rings. The van der Waals surface area contributed by atoms with E-state index in [0.29, 0.717) is 0 Å². The molecule has 94 valence electrons. The number of ether oxygens (including phenoxy) is 2. The molecular formula is C12H15ClO4. The molecule has 0 rings (SSSR count). The van der Waals surface area contributed by atoms with Crippen molar-refractivity contribution < 1.29 is 19.1 Å². The molecule has 0 saturated heterocycles. The van der Waals surface area contributed by atoms with Crippen LogP contribution in [0.3, 0.4) is 0 Å². The molecule has 0 saturated carbocycles. The summed E-state index contributed by atoms with van der Waals surface area (Å²) in [5, 5.41) is 0. The fourth-order valence-electron chi connectivity index (χ4n) is 0.514. The maximum Gasteiger partial charge on any atom is 0.331 e. The van der Waals surface area contributed by atoms with Gasteiger partial charge in [-0.05, 0) is 5.54 Å². The lowest BCUT2D eigenvalue weighted by atomic mass is 10.5. The van der Waals surface area contributed by atoms with E-state index in [1.54, 1.807) is 0 Å². The van der Waals surface area contributed by atoms with Crippen LogP contribution in [0.2, 0.25) is 0 Å². The van der Waals surface area contributed by atoms with Crippen molar-refractivity contribution in [3.63, 3.8) is 0 Å². The first-order chi connectivity index (χ1) is 8.12. The van der Waals surface area contributed by atoms with E-state index in [2.05, 4.69) is 29.2 Å². The third kappa shape index (κ3) is 16.8. The minimum atomic E-state index is -0.611. The van der Waals surface area contributed by atoms with Crippen LogP contribution in [0.1, 0.15) is 0 Å². The summed E-state index contributed by atoms with van der Waals surface area (Å²) in [6.45, 7) is 10.1. The summed E-state index contributed by atoms with van der Waals surface area (Å²) in [7, 11) is 0. The highest BCUT2D eigenvalue weighted by Gasteiger charge is 1.98. The summed E-state index contributed by atoms with van der Waals surface area (Å²) in [5.41, 5.74) is 1.22. The molecule has 0 spiro atoms. The molecule has 0 unspecified atom stereocenters. The molecule has 0 aromatic rings. The first-order valence-corrected chi connectivity index (χ1v) is 5.00. The van der Waals surface area contributed by atoms with E-state index in [1.807, 2.05) is 0 Å². The third-order valence-corrected chi connectivity index (χ3v) is 1.04. The van der Waals surface area contributed by atoms with Gasteiger partial charge in [-0.2, -0.15) is 0 Å². The zero-order chi connectivity index (χ0) is 13.5. The average molecular weight is 259 g/mol. The lowest BCUT2D eigenvalue weighted by Gasteiger charge is -1.96. The summed E-state index contributed by atoms with van der Waals surface area (Å²) in [5.74, 6) is -1.22. The second-order valence-electron chi connectivity index (χ2n) is 2.33. The monoisotopic (exact) mass is 258 g/mol. The van der Waals surface area contributed by atoms with E-state index in [-0.39, 0.29) is 13.2 Å². The van der Waals surface area contributed by atoms with Crippen LogP contribution in [0, 0.1) is 0 Å². The van der Waals surface area contributed by atoms with Gasteiger partial charge in [-0.3, -0.25) is 0 Å². The van der Waals surface area contributed by atoms with Crippen LogP contribution in [0.5, 0.6) is 0 Å². The van der Waals surface area contributed by atoms with Crippen molar-refractivity contribution in [3.05, 3.63) is 49.6 Å². The highest BCUT2D eigenvalue weighted by Crippen LogP contribution is 1.85. The van der Waals surface area contributed by atoms with E-state index in [4.69, 9.17) is 11.6 Å². The predicted octanol–water partition coefficient (Wildman–Crippen LogP) is 2.37. The summed E-state index contributed by atoms with van der Waals surface area (Å²) in [4.78, 5) is 21.6. The van der Waals surface area contributed by atoms with Crippen molar-refractivity contribution in [2.24, 2.45) is 0 Å². The molecule has 17 heavy (non-hydrogen) atoms. The van der Waals surface area contributed by atoms with Crippen molar-refractivity contribution in [2.45, 2.75) is 0 Å². The van der Waals surface area contributed by atoms with Gasteiger partial charge in [-0.1, -0.05) is 43.5 Å². The number of halogens is 1. The topological polar surface area (TPSA) is 52.6 Å². The SMILES string of the molecule is C=CCOC(=O)/C=C/C(=O)OCC=C.C=CCl. The van der Waals surface area contributed by atoms with Gasteiger partial charge in [0.15, 0.2) is 0 Å². The van der Waals surface area contributed by atoms with E-state index in [1.165, 1.54) is 17.7 Å². The van der Waals surface area contributed by atoms with Gasteiger partial charge < -0.3 is 9.47 Å². The summed E-state index contributed by atoms with van der Waals surface area (Å²) >= 11 is 4.76. The standard InChI is InChI=1S/C10H12O4.C2H3Cl/c1-3-7-13-9(11)5-6-10(12)14-8-4-2;1-2-3/h3-6H,1-2,7-8H2;2H,1H2/b6-5+;. The van der Waals surface area contributed by atoms with E-state index in [0.717, 1.165) is 12.2 Å². The Kier molecular flexibility index (Phi) is 14.7. The van der Waals surface area contributed by atoms with Gasteiger partial charge in [0.05, 0.1) is 0 Å². The molecule has 0 bridgehead atoms. The van der Waals surface area contributed by atoms with Crippen LogP contribution >= 0.6 is 11.6 Å². The number of carbonyl (C=O) groups is 2. The molecule has 0 N–H and O–H groups in total. The Bertz CT molecular complexity index is 269. The van der Waals surface area contributed by atoms with Crippen LogP contribution in [-0.2, 0) is 19.1 Å². The minimum absolute atomic E-state index is 0.116. The Balaban J connectivity index is 0. The van der Waals surface area contributed by atoms with Crippen LogP contribution in [0.25, 0.3) is 0 Å². The van der Waals surface area contributed by atoms with Crippen LogP contribution < -0.4 is 0 Å². The van der Waals surface area contributed by atoms with Gasteiger partial charge in [-0.15, -0.1) is 0 Å². The van der Waals surface area contributed by atoms with Crippen molar-refractivity contribution in [2.75, 3.05) is 13.2 Å². The van der Waals surface area contributed by atoms with Crippen molar-refractivity contribution in [1.82, 2.24) is 0 Å². The average Bonchev–Trinajstić information content (AvgIpc) is 2.32. The minimum Gasteiger partial charge on any atom is -0.458 e. The third-order valence-electron chi connectivity index (χ3n) is 1.04. The maximum atomic E-state index is 10.8. The number of hydrogen-bond acceptors (Lipinski definition) is 4. The van der Waals surface area contributed by atoms with Gasteiger partial charge in [0.25, 0.3) is 0 Å². The molecule has 0 aliphatic heterocycles. The Morgan fingerprint density at radius 3 is 1.47 bits per heavy atom. The van der Waals surface area contributed by atoms with Crippen LogP contribution in [0.4, 0.5) is 0 Å². The van der Waals surface area contributed by atoms with E-state index >= 15 is 0 Å². The Morgan fingerprint density at radius 1 is 0.941 bits per heavy atom. The van der Waals surface area contributed by atoms with Gasteiger partial charge in [0.2, 0.25) is 0 Å². The predicted molar refractivity (Wildman–Crippen MR) is 67.5 cm³/mol. The first kappa shape index (κ1) is 17.6. The largest absolute Gasteiger partial charge is 0.458 e. The van der Waals surface area contributed by atoms with Crippen molar-refractivity contribution in [3.8, 4) is 0 Å². The zero-order valence-corrected chi connectivity index (χ0v) is 10.2. The van der Waals surface area contributed by atoms with Gasteiger partial charge >= 0.3 is 11.9 Å². The Hall–Kier alpha value is -1.81. The highest BCUT2D eigenvalue weighted by atomic mass is 35.5. The zero-order valence-electron chi connectivity index (χ0n) is 9.43. The van der Waals surface area contributed by atoms with E-state index < -0.39 is 11.9 Å². The molecule has 5 heteroatoms. The molecule has 0 fully saturated rings. The fourth-order valence-corrected chi connectivity index (χ4v) is 0.514. The second kappa shape index (κ2) is 14.2. The Labute approximate surface area is 106 Å². The van der Waals surface area contributed by atoms with E-state index in [9.17, 15) is 9.59 Å². The quantitative estimate of drug-likeness (QED) is 0.417. The maximum absolute atomic E-state index is 10.8. The molecule has 0 aromatic heterocycles. The fraction of sp³-hybridized carbons (Fsp3) is 0.167. The van der Waals surface area contributed by atoms with Crippen molar-refractivity contribution in [1.29, 1.82) is 0 Å². The molecule has 0 aromatic carbocycles. The second-order valence-corrected chi connectivity index (χ2v) is 2.63.